The molecule has 1 aromatic rings. The monoisotopic (exact) mass is 382 g/mol. The second kappa shape index (κ2) is 13.1. The summed E-state index contributed by atoms with van der Waals surface area (Å²) >= 11 is 0. The topological polar surface area (TPSA) is 74.6 Å². The number of benzene rings is 1. The molecule has 148 valence electrons. The molecule has 0 bridgehead atoms. The van der Waals surface area contributed by atoms with Crippen LogP contribution in [0.1, 0.15) is 83.1 Å². The number of hydrogen-bond donors (Lipinski definition) is 2. The molecule has 26 heavy (non-hydrogen) atoms. The maximum atomic E-state index is 12.2. The zero-order chi connectivity index (χ0) is 19.3. The van der Waals surface area contributed by atoms with Gasteiger partial charge in [-0.05, 0) is 30.5 Å². The van der Waals surface area contributed by atoms with Crippen LogP contribution >= 0.6 is 7.37 Å². The molecule has 5 heteroatoms. The van der Waals surface area contributed by atoms with E-state index < -0.39 is 13.3 Å². The third kappa shape index (κ3) is 10.1. The van der Waals surface area contributed by atoms with Gasteiger partial charge in [0, 0.05) is 11.5 Å². The summed E-state index contributed by atoms with van der Waals surface area (Å²) in [4.78, 5) is 20.6. The summed E-state index contributed by atoms with van der Waals surface area (Å²) in [6.45, 7) is 2.25. The van der Waals surface area contributed by atoms with Gasteiger partial charge in [-0.15, -0.1) is 0 Å². The predicted molar refractivity (Wildman–Crippen MR) is 109 cm³/mol. The number of unbranched alkanes of at least 4 members (excludes halogenated alkanes) is 9. The first-order chi connectivity index (χ1) is 12.5. The van der Waals surface area contributed by atoms with E-state index in [1.165, 1.54) is 63.4 Å². The Bertz CT molecular complexity index is 554. The van der Waals surface area contributed by atoms with Gasteiger partial charge in [-0.25, -0.2) is 0 Å². The first-order valence-corrected chi connectivity index (χ1v) is 11.9. The van der Waals surface area contributed by atoms with Gasteiger partial charge in [-0.3, -0.25) is 9.36 Å². The van der Waals surface area contributed by atoms with E-state index in [1.807, 2.05) is 12.1 Å². The van der Waals surface area contributed by atoms with E-state index in [-0.39, 0.29) is 12.6 Å². The zero-order valence-corrected chi connectivity index (χ0v) is 17.1. The molecule has 2 N–H and O–H groups in total. The molecule has 1 atom stereocenters. The van der Waals surface area contributed by atoms with E-state index in [0.717, 1.165) is 12.8 Å². The van der Waals surface area contributed by atoms with Crippen molar-refractivity contribution in [3.8, 4) is 0 Å². The maximum absolute atomic E-state index is 12.2. The van der Waals surface area contributed by atoms with Gasteiger partial charge in [0.15, 0.2) is 0 Å². The third-order valence-corrected chi connectivity index (χ3v) is 6.72. The standard InChI is InChI=1S/C21H35O4P/c1-2-3-4-5-6-7-8-9-10-11-12-19-13-15-20(16-14-19)26(24,25)18-17-21(22)23/h13-16H,2-12,17-18H2,1H3,(H,22,23)(H,24,25). The van der Waals surface area contributed by atoms with Crippen LogP contribution in [0.25, 0.3) is 0 Å². The van der Waals surface area contributed by atoms with E-state index in [9.17, 15) is 14.3 Å². The highest BCUT2D eigenvalue weighted by Crippen LogP contribution is 2.39. The molecule has 0 heterocycles. The molecule has 1 rings (SSSR count). The zero-order valence-electron chi connectivity index (χ0n) is 16.2. The van der Waals surface area contributed by atoms with Gasteiger partial charge in [-0.1, -0.05) is 76.8 Å². The molecule has 0 saturated carbocycles. The van der Waals surface area contributed by atoms with Crippen LogP contribution in [0.2, 0.25) is 0 Å². The van der Waals surface area contributed by atoms with Crippen molar-refractivity contribution in [3.05, 3.63) is 29.8 Å². The fourth-order valence-electron chi connectivity index (χ4n) is 3.09. The second-order valence-electron chi connectivity index (χ2n) is 7.17. The molecule has 0 aliphatic rings. The highest BCUT2D eigenvalue weighted by Gasteiger charge is 2.22. The normalized spacial score (nSPS) is 13.5. The summed E-state index contributed by atoms with van der Waals surface area (Å²) in [5.74, 6) is -1.04. The molecule has 0 aliphatic carbocycles. The van der Waals surface area contributed by atoms with Crippen molar-refractivity contribution in [1.29, 1.82) is 0 Å². The summed E-state index contributed by atoms with van der Waals surface area (Å²) in [5, 5.41) is 9.01. The molecule has 0 fully saturated rings. The minimum absolute atomic E-state index is 0.208. The number of aliphatic carboxylic acids is 1. The summed E-state index contributed by atoms with van der Waals surface area (Å²) in [5.41, 5.74) is 1.17. The van der Waals surface area contributed by atoms with Gasteiger partial charge in [0.05, 0.1) is 6.42 Å². The Hall–Kier alpha value is -1.12. The third-order valence-electron chi connectivity index (χ3n) is 4.79. The smallest absolute Gasteiger partial charge is 0.303 e. The molecule has 4 nitrogen and oxygen atoms in total. The molecule has 0 aliphatic heterocycles. The van der Waals surface area contributed by atoms with Crippen molar-refractivity contribution in [2.24, 2.45) is 0 Å². The molecule has 0 spiro atoms. The maximum Gasteiger partial charge on any atom is 0.303 e. The average Bonchev–Trinajstić information content (AvgIpc) is 2.62. The van der Waals surface area contributed by atoms with Gasteiger partial charge in [-0.2, -0.15) is 0 Å². The molecule has 0 radical (unpaired) electrons. The van der Waals surface area contributed by atoms with Gasteiger partial charge in [0.2, 0.25) is 7.37 Å². The second-order valence-corrected chi connectivity index (χ2v) is 9.53. The molecule has 0 saturated heterocycles. The predicted octanol–water partition coefficient (Wildman–Crippen LogP) is 5.52. The van der Waals surface area contributed by atoms with E-state index in [0.29, 0.717) is 5.30 Å². The van der Waals surface area contributed by atoms with Crippen LogP contribution in [0.5, 0.6) is 0 Å². The van der Waals surface area contributed by atoms with Crippen LogP contribution < -0.4 is 5.30 Å². The molecule has 0 amide bonds. The Morgan fingerprint density at radius 1 is 0.885 bits per heavy atom. The van der Waals surface area contributed by atoms with Crippen LogP contribution in [0, 0.1) is 0 Å². The number of carboxylic acids is 1. The van der Waals surface area contributed by atoms with Crippen molar-refractivity contribution in [3.63, 3.8) is 0 Å². The minimum Gasteiger partial charge on any atom is -0.481 e. The minimum atomic E-state index is -3.55. The molecule has 1 aromatic carbocycles. The van der Waals surface area contributed by atoms with Gasteiger partial charge in [0.1, 0.15) is 0 Å². The van der Waals surface area contributed by atoms with Crippen LogP contribution in [-0.2, 0) is 15.8 Å². The van der Waals surface area contributed by atoms with E-state index >= 15 is 0 Å². The molecular formula is C21H35O4P. The number of aryl methyl sites for hydroxylation is 1. The summed E-state index contributed by atoms with van der Waals surface area (Å²) < 4.78 is 12.2. The first kappa shape index (κ1) is 22.9. The highest BCUT2D eigenvalue weighted by atomic mass is 31.2. The lowest BCUT2D eigenvalue weighted by molar-refractivity contribution is -0.136. The number of rotatable bonds is 15. The lowest BCUT2D eigenvalue weighted by atomic mass is 10.0. The van der Waals surface area contributed by atoms with E-state index in [1.54, 1.807) is 12.1 Å². The summed E-state index contributed by atoms with van der Waals surface area (Å²) in [6.07, 6.45) is 13.6. The lowest BCUT2D eigenvalue weighted by Gasteiger charge is -2.11. The lowest BCUT2D eigenvalue weighted by Crippen LogP contribution is -2.10. The molecule has 0 aromatic heterocycles. The fraction of sp³-hybridized carbons (Fsp3) is 0.667. The van der Waals surface area contributed by atoms with Crippen LogP contribution in [0.3, 0.4) is 0 Å². The molecular weight excluding hydrogens is 347 g/mol. The van der Waals surface area contributed by atoms with Gasteiger partial charge in [0.25, 0.3) is 0 Å². The van der Waals surface area contributed by atoms with Crippen molar-refractivity contribution >= 4 is 18.6 Å². The van der Waals surface area contributed by atoms with Crippen LogP contribution in [0.4, 0.5) is 0 Å². The SMILES string of the molecule is CCCCCCCCCCCCc1ccc(P(=O)(O)CCC(=O)O)cc1. The van der Waals surface area contributed by atoms with E-state index in [2.05, 4.69) is 6.92 Å². The largest absolute Gasteiger partial charge is 0.481 e. The molecule has 1 unspecified atom stereocenters. The number of hydrogen-bond acceptors (Lipinski definition) is 2. The van der Waals surface area contributed by atoms with Crippen molar-refractivity contribution in [2.75, 3.05) is 6.16 Å². The first-order valence-electron chi connectivity index (χ1n) is 10.1. The Labute approximate surface area is 158 Å². The Kier molecular flexibility index (Phi) is 11.6. The number of carboxylic acid groups (broad SMARTS) is 1. The highest BCUT2D eigenvalue weighted by molar-refractivity contribution is 7.66. The average molecular weight is 382 g/mol. The Balaban J connectivity index is 2.19. The van der Waals surface area contributed by atoms with Crippen LogP contribution in [-0.4, -0.2) is 22.1 Å². The van der Waals surface area contributed by atoms with Crippen molar-refractivity contribution < 1.29 is 19.4 Å². The quantitative estimate of drug-likeness (QED) is 0.309. The van der Waals surface area contributed by atoms with Crippen LogP contribution in [0.15, 0.2) is 24.3 Å². The number of carbonyl (C=O) groups is 1. The summed E-state index contributed by atoms with van der Waals surface area (Å²) in [7, 11) is -3.55. The van der Waals surface area contributed by atoms with Crippen molar-refractivity contribution in [2.45, 2.75) is 84.0 Å². The van der Waals surface area contributed by atoms with Gasteiger partial charge < -0.3 is 10.00 Å². The van der Waals surface area contributed by atoms with E-state index in [4.69, 9.17) is 5.11 Å². The summed E-state index contributed by atoms with van der Waals surface area (Å²) in [6, 6.07) is 7.14. The van der Waals surface area contributed by atoms with Crippen molar-refractivity contribution in [1.82, 2.24) is 0 Å². The van der Waals surface area contributed by atoms with Gasteiger partial charge >= 0.3 is 5.97 Å². The fourth-order valence-corrected chi connectivity index (χ4v) is 4.46. The Morgan fingerprint density at radius 2 is 1.38 bits per heavy atom. The Morgan fingerprint density at radius 3 is 1.88 bits per heavy atom.